The largest absolute Gasteiger partial charge is 0.313 e. The lowest BCUT2D eigenvalue weighted by molar-refractivity contribution is 0.498. The van der Waals surface area contributed by atoms with Gasteiger partial charge in [-0.3, -0.25) is 4.68 Å². The van der Waals surface area contributed by atoms with Crippen molar-refractivity contribution in [1.82, 2.24) is 15.1 Å². The topological polar surface area (TPSA) is 64.0 Å². The minimum Gasteiger partial charge on any atom is -0.313 e. The van der Waals surface area contributed by atoms with Crippen molar-refractivity contribution in [2.45, 2.75) is 25.4 Å². The minimum absolute atomic E-state index is 0.0165. The maximum atomic E-state index is 11.4. The number of rotatable bonds is 3. The zero-order chi connectivity index (χ0) is 11.8. The van der Waals surface area contributed by atoms with Gasteiger partial charge in [-0.1, -0.05) is 0 Å². The van der Waals surface area contributed by atoms with E-state index in [9.17, 15) is 8.42 Å². The minimum atomic E-state index is -2.84. The Kier molecular flexibility index (Phi) is 3.03. The highest BCUT2D eigenvalue weighted by Gasteiger charge is 2.29. The third-order valence-corrected chi connectivity index (χ3v) is 4.89. The monoisotopic (exact) mass is 243 g/mol. The third-order valence-electron chi connectivity index (χ3n) is 3.14. The highest BCUT2D eigenvalue weighted by atomic mass is 32.2. The van der Waals surface area contributed by atoms with Crippen LogP contribution in [0.1, 0.15) is 31.0 Å². The smallest absolute Gasteiger partial charge is 0.152 e. The Morgan fingerprint density at radius 2 is 2.38 bits per heavy atom. The molecule has 2 atom stereocenters. The SMILES string of the molecule is CNC(C)c1cnn(C2CCS(=O)(=O)C2)c1. The molecule has 0 saturated carbocycles. The second-order valence-corrected chi connectivity index (χ2v) is 6.55. The van der Waals surface area contributed by atoms with Gasteiger partial charge in [0.2, 0.25) is 0 Å². The molecule has 1 fully saturated rings. The van der Waals surface area contributed by atoms with Gasteiger partial charge in [-0.15, -0.1) is 0 Å². The van der Waals surface area contributed by atoms with Gasteiger partial charge in [-0.05, 0) is 20.4 Å². The predicted octanol–water partition coefficient (Wildman–Crippen LogP) is 0.523. The van der Waals surface area contributed by atoms with Gasteiger partial charge in [-0.2, -0.15) is 5.10 Å². The molecule has 6 heteroatoms. The van der Waals surface area contributed by atoms with Crippen LogP contribution in [0.4, 0.5) is 0 Å². The Morgan fingerprint density at radius 1 is 1.62 bits per heavy atom. The van der Waals surface area contributed by atoms with Gasteiger partial charge in [0.15, 0.2) is 9.84 Å². The maximum Gasteiger partial charge on any atom is 0.152 e. The van der Waals surface area contributed by atoms with Gasteiger partial charge in [-0.25, -0.2) is 8.42 Å². The number of nitrogens with zero attached hydrogens (tertiary/aromatic N) is 2. The van der Waals surface area contributed by atoms with E-state index >= 15 is 0 Å². The fourth-order valence-electron chi connectivity index (χ4n) is 1.93. The molecule has 0 radical (unpaired) electrons. The highest BCUT2D eigenvalue weighted by molar-refractivity contribution is 7.91. The first kappa shape index (κ1) is 11.6. The summed E-state index contributed by atoms with van der Waals surface area (Å²) in [5, 5.41) is 7.37. The standard InChI is InChI=1S/C10H17N3O2S/c1-8(11-2)9-5-12-13(6-9)10-3-4-16(14,15)7-10/h5-6,8,10-11H,3-4,7H2,1-2H3. The summed E-state index contributed by atoms with van der Waals surface area (Å²) >= 11 is 0. The lowest BCUT2D eigenvalue weighted by Crippen LogP contribution is -2.13. The second-order valence-electron chi connectivity index (χ2n) is 4.32. The second kappa shape index (κ2) is 4.18. The lowest BCUT2D eigenvalue weighted by atomic mass is 10.2. The van der Waals surface area contributed by atoms with Crippen LogP contribution < -0.4 is 5.32 Å². The zero-order valence-corrected chi connectivity index (χ0v) is 10.4. The molecule has 1 N–H and O–H groups in total. The summed E-state index contributed by atoms with van der Waals surface area (Å²) in [6.45, 7) is 2.05. The van der Waals surface area contributed by atoms with E-state index in [1.807, 2.05) is 20.2 Å². The molecule has 1 aliphatic rings. The van der Waals surface area contributed by atoms with Crippen LogP contribution in [0, 0.1) is 0 Å². The Morgan fingerprint density at radius 3 is 2.94 bits per heavy atom. The molecule has 2 unspecified atom stereocenters. The molecule has 2 rings (SSSR count). The van der Waals surface area contributed by atoms with Gasteiger partial charge in [0.05, 0.1) is 23.7 Å². The number of hydrogen-bond acceptors (Lipinski definition) is 4. The molecule has 1 aromatic rings. The van der Waals surface area contributed by atoms with Crippen molar-refractivity contribution in [3.8, 4) is 0 Å². The Balaban J connectivity index is 2.14. The van der Waals surface area contributed by atoms with E-state index in [-0.39, 0.29) is 23.6 Å². The fourth-order valence-corrected chi connectivity index (χ4v) is 3.63. The molecule has 1 saturated heterocycles. The van der Waals surface area contributed by atoms with E-state index in [1.165, 1.54) is 0 Å². The van der Waals surface area contributed by atoms with Crippen LogP contribution in [0.15, 0.2) is 12.4 Å². The first-order chi connectivity index (χ1) is 7.52. The van der Waals surface area contributed by atoms with E-state index in [2.05, 4.69) is 10.4 Å². The highest BCUT2D eigenvalue weighted by Crippen LogP contribution is 2.24. The van der Waals surface area contributed by atoms with Crippen molar-refractivity contribution in [3.05, 3.63) is 18.0 Å². The van der Waals surface area contributed by atoms with Gasteiger partial charge >= 0.3 is 0 Å². The van der Waals surface area contributed by atoms with E-state index < -0.39 is 9.84 Å². The summed E-state index contributed by atoms with van der Waals surface area (Å²) < 4.78 is 24.5. The van der Waals surface area contributed by atoms with Gasteiger partial charge < -0.3 is 5.32 Å². The molecule has 16 heavy (non-hydrogen) atoms. The normalized spacial score (nSPS) is 25.8. The Hall–Kier alpha value is -0.880. The molecule has 0 aliphatic carbocycles. The lowest BCUT2D eigenvalue weighted by Gasteiger charge is -2.09. The molecule has 0 spiro atoms. The molecule has 5 nitrogen and oxygen atoms in total. The average molecular weight is 243 g/mol. The molecule has 1 aliphatic heterocycles. The van der Waals surface area contributed by atoms with Crippen LogP contribution in [0.25, 0.3) is 0 Å². The Bertz CT molecular complexity index is 466. The van der Waals surface area contributed by atoms with Crippen molar-refractivity contribution in [2.75, 3.05) is 18.6 Å². The summed E-state index contributed by atoms with van der Waals surface area (Å²) in [5.41, 5.74) is 1.09. The molecular formula is C10H17N3O2S. The molecular weight excluding hydrogens is 226 g/mol. The number of nitrogens with one attached hydrogen (secondary N) is 1. The summed E-state index contributed by atoms with van der Waals surface area (Å²) in [4.78, 5) is 0. The Labute approximate surface area is 95.8 Å². The van der Waals surface area contributed by atoms with Gasteiger partial charge in [0, 0.05) is 17.8 Å². The predicted molar refractivity (Wildman–Crippen MR) is 62.0 cm³/mol. The molecule has 90 valence electrons. The molecule has 0 aromatic carbocycles. The number of sulfone groups is 1. The summed E-state index contributed by atoms with van der Waals surface area (Å²) in [6.07, 6.45) is 4.41. The zero-order valence-electron chi connectivity index (χ0n) is 9.55. The average Bonchev–Trinajstić information content (AvgIpc) is 2.83. The van der Waals surface area contributed by atoms with Crippen molar-refractivity contribution in [3.63, 3.8) is 0 Å². The van der Waals surface area contributed by atoms with Crippen molar-refractivity contribution in [2.24, 2.45) is 0 Å². The summed E-state index contributed by atoms with van der Waals surface area (Å²) in [6, 6.07) is 0.259. The van der Waals surface area contributed by atoms with Crippen molar-refractivity contribution >= 4 is 9.84 Å². The van der Waals surface area contributed by atoms with E-state index in [4.69, 9.17) is 0 Å². The first-order valence-electron chi connectivity index (χ1n) is 5.43. The van der Waals surface area contributed by atoms with Crippen LogP contribution in [-0.2, 0) is 9.84 Å². The summed E-state index contributed by atoms with van der Waals surface area (Å²) in [5.74, 6) is 0.510. The van der Waals surface area contributed by atoms with E-state index in [0.717, 1.165) is 5.56 Å². The first-order valence-corrected chi connectivity index (χ1v) is 7.26. The molecule has 1 aromatic heterocycles. The van der Waals surface area contributed by atoms with Gasteiger partial charge in [0.25, 0.3) is 0 Å². The van der Waals surface area contributed by atoms with Crippen LogP contribution in [0.3, 0.4) is 0 Å². The van der Waals surface area contributed by atoms with Crippen LogP contribution in [0.5, 0.6) is 0 Å². The van der Waals surface area contributed by atoms with Crippen LogP contribution >= 0.6 is 0 Å². The summed E-state index contributed by atoms with van der Waals surface area (Å²) in [7, 11) is -0.946. The van der Waals surface area contributed by atoms with Crippen molar-refractivity contribution in [1.29, 1.82) is 0 Å². The quantitative estimate of drug-likeness (QED) is 0.841. The van der Waals surface area contributed by atoms with Crippen LogP contribution in [0.2, 0.25) is 0 Å². The maximum absolute atomic E-state index is 11.4. The molecule has 2 heterocycles. The number of aromatic nitrogens is 2. The van der Waals surface area contributed by atoms with Crippen molar-refractivity contribution < 1.29 is 8.42 Å². The molecule has 0 amide bonds. The van der Waals surface area contributed by atoms with E-state index in [0.29, 0.717) is 6.42 Å². The third kappa shape index (κ3) is 2.27. The fraction of sp³-hybridized carbons (Fsp3) is 0.700. The van der Waals surface area contributed by atoms with E-state index in [1.54, 1.807) is 10.9 Å². The van der Waals surface area contributed by atoms with Gasteiger partial charge in [0.1, 0.15) is 0 Å². The number of hydrogen-bond donors (Lipinski definition) is 1. The van der Waals surface area contributed by atoms with Crippen LogP contribution in [-0.4, -0.2) is 36.8 Å². The molecule has 0 bridgehead atoms.